The Balaban J connectivity index is 1.93. The molecule has 6 nitrogen and oxygen atoms in total. The number of aryl methyl sites for hydroxylation is 1. The quantitative estimate of drug-likeness (QED) is 0.668. The van der Waals surface area contributed by atoms with E-state index in [1.54, 1.807) is 32.0 Å². The zero-order valence-corrected chi connectivity index (χ0v) is 15.5. The smallest absolute Gasteiger partial charge is 0.285 e. The molecule has 0 radical (unpaired) electrons. The lowest BCUT2D eigenvalue weighted by Gasteiger charge is -2.31. The molecule has 27 heavy (non-hydrogen) atoms. The summed E-state index contributed by atoms with van der Waals surface area (Å²) in [5, 5.41) is 2.28. The number of hydrogen-bond donors (Lipinski definition) is 1. The number of aliphatic imine (C=N–C) groups is 1. The average Bonchev–Trinajstić information content (AvgIpc) is 2.63. The molecule has 0 aromatic heterocycles. The third-order valence-corrected chi connectivity index (χ3v) is 4.62. The molecule has 4 amide bonds. The number of hydrogen-bond acceptors (Lipinski definition) is 4. The second kappa shape index (κ2) is 7.53. The molecule has 0 saturated carbocycles. The van der Waals surface area contributed by atoms with Crippen LogP contribution in [-0.2, 0) is 9.59 Å². The van der Waals surface area contributed by atoms with Crippen LogP contribution in [-0.4, -0.2) is 23.6 Å². The van der Waals surface area contributed by atoms with Crippen LogP contribution in [0.25, 0.3) is 0 Å². The molecule has 0 unspecified atom stereocenters. The van der Waals surface area contributed by atoms with Crippen molar-refractivity contribution in [3.05, 3.63) is 65.7 Å². The molecule has 2 aromatic carbocycles. The van der Waals surface area contributed by atoms with E-state index in [4.69, 9.17) is 0 Å². The van der Waals surface area contributed by atoms with Crippen molar-refractivity contribution in [3.63, 3.8) is 0 Å². The standard InChI is InChI=1S/C21H21N3O3/c1-13-9-7-8-12-17(13)24-20(26)18(19(25)23-21(24)27)15(3)22-14(2)16-10-5-4-6-11-16/h4-12,14,18H,1-3H3,(H,23,25,27)/t14-,18-/m1/s1. The van der Waals surface area contributed by atoms with Gasteiger partial charge in [0.15, 0.2) is 5.92 Å². The molecule has 0 bridgehead atoms. The van der Waals surface area contributed by atoms with Gasteiger partial charge in [0.1, 0.15) is 0 Å². The summed E-state index contributed by atoms with van der Waals surface area (Å²) < 4.78 is 0. The van der Waals surface area contributed by atoms with Crippen molar-refractivity contribution in [1.82, 2.24) is 5.32 Å². The van der Waals surface area contributed by atoms with Gasteiger partial charge in [-0.2, -0.15) is 0 Å². The maximum atomic E-state index is 13.0. The van der Waals surface area contributed by atoms with E-state index >= 15 is 0 Å². The first-order valence-electron chi connectivity index (χ1n) is 8.74. The van der Waals surface area contributed by atoms with E-state index in [1.807, 2.05) is 43.3 Å². The Hall–Kier alpha value is -3.28. The van der Waals surface area contributed by atoms with Crippen LogP contribution < -0.4 is 10.2 Å². The van der Waals surface area contributed by atoms with Crippen LogP contribution in [0, 0.1) is 12.8 Å². The molecule has 2 atom stereocenters. The maximum absolute atomic E-state index is 13.0. The summed E-state index contributed by atoms with van der Waals surface area (Å²) in [6.45, 7) is 5.35. The summed E-state index contributed by atoms with van der Waals surface area (Å²) in [5.41, 5.74) is 2.58. The monoisotopic (exact) mass is 363 g/mol. The molecule has 2 aromatic rings. The van der Waals surface area contributed by atoms with E-state index in [9.17, 15) is 14.4 Å². The van der Waals surface area contributed by atoms with Gasteiger partial charge >= 0.3 is 6.03 Å². The molecular formula is C21H21N3O3. The van der Waals surface area contributed by atoms with Gasteiger partial charge in [0.05, 0.1) is 11.7 Å². The number of benzene rings is 2. The van der Waals surface area contributed by atoms with E-state index < -0.39 is 23.8 Å². The Morgan fingerprint density at radius 1 is 1.04 bits per heavy atom. The minimum absolute atomic E-state index is 0.212. The van der Waals surface area contributed by atoms with Crippen molar-refractivity contribution < 1.29 is 14.4 Å². The molecule has 1 N–H and O–H groups in total. The third kappa shape index (κ3) is 3.65. The molecule has 1 heterocycles. The van der Waals surface area contributed by atoms with Gasteiger partial charge in [0.2, 0.25) is 5.91 Å². The van der Waals surface area contributed by atoms with Crippen LogP contribution in [0.3, 0.4) is 0 Å². The number of imide groups is 2. The minimum Gasteiger partial charge on any atom is -0.285 e. The van der Waals surface area contributed by atoms with Crippen LogP contribution in [0.15, 0.2) is 59.6 Å². The number of barbiturate groups is 1. The molecule has 138 valence electrons. The lowest BCUT2D eigenvalue weighted by Crippen LogP contribution is -2.60. The van der Waals surface area contributed by atoms with Crippen LogP contribution in [0.5, 0.6) is 0 Å². The number of nitrogens with one attached hydrogen (secondary N) is 1. The molecular weight excluding hydrogens is 342 g/mol. The number of anilines is 1. The minimum atomic E-state index is -1.13. The predicted octanol–water partition coefficient (Wildman–Crippen LogP) is 3.42. The van der Waals surface area contributed by atoms with Crippen molar-refractivity contribution in [2.75, 3.05) is 4.90 Å². The first kappa shape index (κ1) is 18.5. The fourth-order valence-electron chi connectivity index (χ4n) is 3.17. The molecule has 1 aliphatic rings. The van der Waals surface area contributed by atoms with Crippen molar-refractivity contribution in [2.24, 2.45) is 10.9 Å². The number of urea groups is 1. The predicted molar refractivity (Wildman–Crippen MR) is 104 cm³/mol. The van der Waals surface area contributed by atoms with Crippen molar-refractivity contribution in [2.45, 2.75) is 26.8 Å². The lowest BCUT2D eigenvalue weighted by atomic mass is 9.98. The summed E-state index contributed by atoms with van der Waals surface area (Å²) >= 11 is 0. The number of amides is 4. The average molecular weight is 363 g/mol. The van der Waals surface area contributed by atoms with E-state index in [0.29, 0.717) is 11.4 Å². The van der Waals surface area contributed by atoms with Gasteiger partial charge in [-0.25, -0.2) is 9.69 Å². The molecule has 6 heteroatoms. The first-order chi connectivity index (χ1) is 12.9. The SMILES string of the molecule is CC(=N[C@H](C)c1ccccc1)[C@@H]1C(=O)NC(=O)N(c2ccccc2C)C1=O. The highest BCUT2D eigenvalue weighted by Gasteiger charge is 2.43. The number of carbonyl (C=O) groups is 3. The highest BCUT2D eigenvalue weighted by Crippen LogP contribution is 2.26. The normalized spacial score (nSPS) is 19.1. The van der Waals surface area contributed by atoms with Crippen molar-refractivity contribution >= 4 is 29.2 Å². The number of para-hydroxylation sites is 1. The molecule has 1 fully saturated rings. The van der Waals surface area contributed by atoms with Crippen molar-refractivity contribution in [1.29, 1.82) is 0 Å². The zero-order chi connectivity index (χ0) is 19.6. The Morgan fingerprint density at radius 2 is 1.67 bits per heavy atom. The number of rotatable bonds is 4. The van der Waals surface area contributed by atoms with Gasteiger partial charge in [0, 0.05) is 5.71 Å². The summed E-state index contributed by atoms with van der Waals surface area (Å²) in [7, 11) is 0. The summed E-state index contributed by atoms with van der Waals surface area (Å²) in [4.78, 5) is 43.3. The van der Waals surface area contributed by atoms with E-state index in [1.165, 1.54) is 0 Å². The second-order valence-electron chi connectivity index (χ2n) is 6.54. The van der Waals surface area contributed by atoms with Gasteiger partial charge in [-0.05, 0) is 38.0 Å². The highest BCUT2D eigenvalue weighted by molar-refractivity contribution is 6.35. The fraction of sp³-hybridized carbons (Fsp3) is 0.238. The largest absolute Gasteiger partial charge is 0.335 e. The molecule has 1 saturated heterocycles. The molecule has 1 aliphatic heterocycles. The first-order valence-corrected chi connectivity index (χ1v) is 8.74. The molecule has 0 spiro atoms. The van der Waals surface area contributed by atoms with Gasteiger partial charge in [0.25, 0.3) is 5.91 Å². The summed E-state index contributed by atoms with van der Waals surface area (Å²) in [6.07, 6.45) is 0. The topological polar surface area (TPSA) is 78.8 Å². The van der Waals surface area contributed by atoms with Crippen molar-refractivity contribution in [3.8, 4) is 0 Å². The van der Waals surface area contributed by atoms with Gasteiger partial charge < -0.3 is 0 Å². The lowest BCUT2D eigenvalue weighted by molar-refractivity contribution is -0.131. The number of carbonyl (C=O) groups excluding carboxylic acids is 3. The highest BCUT2D eigenvalue weighted by atomic mass is 16.2. The zero-order valence-electron chi connectivity index (χ0n) is 15.5. The maximum Gasteiger partial charge on any atom is 0.335 e. The van der Waals surface area contributed by atoms with Crippen LogP contribution in [0.2, 0.25) is 0 Å². The van der Waals surface area contributed by atoms with Crippen LogP contribution >= 0.6 is 0 Å². The Kier molecular flexibility index (Phi) is 5.16. The van der Waals surface area contributed by atoms with E-state index in [0.717, 1.165) is 16.0 Å². The van der Waals surface area contributed by atoms with Gasteiger partial charge in [-0.1, -0.05) is 48.5 Å². The Morgan fingerprint density at radius 3 is 2.33 bits per heavy atom. The van der Waals surface area contributed by atoms with Gasteiger partial charge in [-0.15, -0.1) is 0 Å². The Labute approximate surface area is 157 Å². The van der Waals surface area contributed by atoms with E-state index in [-0.39, 0.29) is 6.04 Å². The Bertz CT molecular complexity index is 921. The number of nitrogens with zero attached hydrogens (tertiary/aromatic N) is 2. The molecule has 3 rings (SSSR count). The molecule has 0 aliphatic carbocycles. The summed E-state index contributed by atoms with van der Waals surface area (Å²) in [5.74, 6) is -2.36. The van der Waals surface area contributed by atoms with E-state index in [2.05, 4.69) is 10.3 Å². The second-order valence-corrected chi connectivity index (χ2v) is 6.54. The third-order valence-electron chi connectivity index (χ3n) is 4.62. The van der Waals surface area contributed by atoms with Gasteiger partial charge in [-0.3, -0.25) is 19.9 Å². The summed E-state index contributed by atoms with van der Waals surface area (Å²) in [6, 6.07) is 15.7. The fourth-order valence-corrected chi connectivity index (χ4v) is 3.17. The van der Waals surface area contributed by atoms with Crippen LogP contribution in [0.1, 0.15) is 31.0 Å². The van der Waals surface area contributed by atoms with Crippen LogP contribution in [0.4, 0.5) is 10.5 Å².